The maximum atomic E-state index is 11.4. The van der Waals surface area contributed by atoms with E-state index in [4.69, 9.17) is 11.5 Å². The third-order valence-electron chi connectivity index (χ3n) is 3.00. The minimum absolute atomic E-state index is 0.0527. The zero-order valence-corrected chi connectivity index (χ0v) is 12.5. The lowest BCUT2D eigenvalue weighted by Crippen LogP contribution is -2.32. The molecule has 0 aliphatic heterocycles. The van der Waals surface area contributed by atoms with Gasteiger partial charge in [0, 0.05) is 19.4 Å². The number of unbranched alkanes of at least 4 members (excludes halogenated alkanes) is 2. The lowest BCUT2D eigenvalue weighted by molar-refractivity contribution is -0.121. The standard InChI is InChI=1S/C14H27N4O3/c15-8-4-10-18-14(21)5-2-1-3-9-17-12(11-19)6-7-13(16)20/h12,17H,1-10,15H2,(H2,16,20)(H,18,21). The van der Waals surface area contributed by atoms with Crippen molar-refractivity contribution in [3.05, 3.63) is 0 Å². The third-order valence-corrected chi connectivity index (χ3v) is 3.00. The van der Waals surface area contributed by atoms with Crippen LogP contribution in [0.5, 0.6) is 0 Å². The van der Waals surface area contributed by atoms with E-state index in [2.05, 4.69) is 10.6 Å². The Morgan fingerprint density at radius 2 is 1.81 bits per heavy atom. The van der Waals surface area contributed by atoms with Crippen LogP contribution >= 0.6 is 0 Å². The lowest BCUT2D eigenvalue weighted by Gasteiger charge is -2.10. The molecule has 2 amide bonds. The smallest absolute Gasteiger partial charge is 0.219 e. The lowest BCUT2D eigenvalue weighted by atomic mass is 10.1. The van der Waals surface area contributed by atoms with Crippen LogP contribution in [0.25, 0.3) is 0 Å². The van der Waals surface area contributed by atoms with Gasteiger partial charge >= 0.3 is 0 Å². The summed E-state index contributed by atoms with van der Waals surface area (Å²) in [4.78, 5) is 32.7. The van der Waals surface area contributed by atoms with Crippen molar-refractivity contribution in [3.63, 3.8) is 0 Å². The molecule has 1 radical (unpaired) electrons. The Hall–Kier alpha value is -1.47. The Balaban J connectivity index is 3.47. The van der Waals surface area contributed by atoms with Gasteiger partial charge in [0.2, 0.25) is 18.1 Å². The molecule has 121 valence electrons. The molecule has 0 spiro atoms. The van der Waals surface area contributed by atoms with Crippen LogP contribution in [0.3, 0.4) is 0 Å². The molecule has 1 atom stereocenters. The molecule has 1 unspecified atom stereocenters. The van der Waals surface area contributed by atoms with Gasteiger partial charge in [-0.05, 0) is 38.8 Å². The fourth-order valence-corrected chi connectivity index (χ4v) is 1.77. The molecule has 0 aromatic rings. The van der Waals surface area contributed by atoms with Gasteiger partial charge < -0.3 is 22.1 Å². The first-order valence-electron chi connectivity index (χ1n) is 7.46. The van der Waals surface area contributed by atoms with E-state index < -0.39 is 11.9 Å². The van der Waals surface area contributed by atoms with Gasteiger partial charge in [-0.3, -0.25) is 14.4 Å². The predicted octanol–water partition coefficient (Wildman–Crippen LogP) is -0.655. The van der Waals surface area contributed by atoms with Gasteiger partial charge in [-0.15, -0.1) is 0 Å². The van der Waals surface area contributed by atoms with Gasteiger partial charge in [0.15, 0.2) is 0 Å². The monoisotopic (exact) mass is 299 g/mol. The van der Waals surface area contributed by atoms with Crippen LogP contribution < -0.4 is 22.1 Å². The average Bonchev–Trinajstić information content (AvgIpc) is 2.45. The predicted molar refractivity (Wildman–Crippen MR) is 81.1 cm³/mol. The summed E-state index contributed by atoms with van der Waals surface area (Å²) in [5, 5.41) is 5.81. The molecular formula is C14H27N4O3. The van der Waals surface area contributed by atoms with E-state index in [1.54, 1.807) is 0 Å². The van der Waals surface area contributed by atoms with Crippen molar-refractivity contribution in [1.29, 1.82) is 0 Å². The Morgan fingerprint density at radius 1 is 1.05 bits per heavy atom. The van der Waals surface area contributed by atoms with Crippen LogP contribution in [0.2, 0.25) is 0 Å². The van der Waals surface area contributed by atoms with Crippen LogP contribution in [0, 0.1) is 0 Å². The van der Waals surface area contributed by atoms with E-state index >= 15 is 0 Å². The van der Waals surface area contributed by atoms with Crippen molar-refractivity contribution < 1.29 is 14.4 Å². The molecule has 0 aliphatic carbocycles. The molecule has 0 fully saturated rings. The topological polar surface area (TPSA) is 127 Å². The Kier molecular flexibility index (Phi) is 12.6. The number of hydrogen-bond donors (Lipinski definition) is 4. The first-order chi connectivity index (χ1) is 10.1. The van der Waals surface area contributed by atoms with Gasteiger partial charge in [-0.2, -0.15) is 0 Å². The number of carbonyl (C=O) groups is 2. The largest absolute Gasteiger partial charge is 0.370 e. The summed E-state index contributed by atoms with van der Waals surface area (Å²) in [6.45, 7) is 1.87. The first-order valence-corrected chi connectivity index (χ1v) is 7.46. The molecule has 7 heteroatoms. The minimum Gasteiger partial charge on any atom is -0.370 e. The zero-order chi connectivity index (χ0) is 15.9. The van der Waals surface area contributed by atoms with Crippen molar-refractivity contribution in [3.8, 4) is 0 Å². The van der Waals surface area contributed by atoms with Gasteiger partial charge in [0.05, 0.1) is 6.04 Å². The molecule has 6 N–H and O–H groups in total. The minimum atomic E-state index is -0.447. The molecule has 0 saturated heterocycles. The molecule has 0 aliphatic rings. The summed E-state index contributed by atoms with van der Waals surface area (Å²) < 4.78 is 0. The van der Waals surface area contributed by atoms with E-state index in [1.165, 1.54) is 0 Å². The van der Waals surface area contributed by atoms with E-state index in [0.29, 0.717) is 32.5 Å². The van der Waals surface area contributed by atoms with Crippen LogP contribution in [-0.4, -0.2) is 43.8 Å². The Morgan fingerprint density at radius 3 is 2.43 bits per heavy atom. The molecule has 0 heterocycles. The summed E-state index contributed by atoms with van der Waals surface area (Å²) >= 11 is 0. The number of nitrogens with one attached hydrogen (secondary N) is 2. The molecule has 0 aromatic carbocycles. The van der Waals surface area contributed by atoms with Crippen LogP contribution in [0.15, 0.2) is 0 Å². The first kappa shape index (κ1) is 19.5. The summed E-state index contributed by atoms with van der Waals surface area (Å²) in [6, 6.07) is -0.447. The van der Waals surface area contributed by atoms with E-state index in [-0.39, 0.29) is 12.3 Å². The highest BCUT2D eigenvalue weighted by molar-refractivity contribution is 5.75. The third kappa shape index (κ3) is 13.3. The van der Waals surface area contributed by atoms with Crippen LogP contribution in [0.4, 0.5) is 0 Å². The number of carbonyl (C=O) groups excluding carboxylic acids is 3. The number of rotatable bonds is 14. The summed E-state index contributed by atoms with van der Waals surface area (Å²) in [7, 11) is 0. The van der Waals surface area contributed by atoms with Crippen molar-refractivity contribution in [2.24, 2.45) is 11.5 Å². The van der Waals surface area contributed by atoms with E-state index in [0.717, 1.165) is 25.7 Å². The number of hydrogen-bond acceptors (Lipinski definition) is 5. The van der Waals surface area contributed by atoms with Crippen LogP contribution in [0.1, 0.15) is 44.9 Å². The number of primary amides is 1. The SMILES string of the molecule is NCCCNC(=O)CCCCCNC([C]=O)CCC(N)=O. The molecule has 0 aromatic heterocycles. The van der Waals surface area contributed by atoms with Gasteiger partial charge in [0.1, 0.15) is 0 Å². The van der Waals surface area contributed by atoms with Gasteiger partial charge in [0.25, 0.3) is 0 Å². The van der Waals surface area contributed by atoms with Crippen molar-refractivity contribution in [2.45, 2.75) is 51.0 Å². The summed E-state index contributed by atoms with van der Waals surface area (Å²) in [5.41, 5.74) is 10.4. The second-order valence-electron chi connectivity index (χ2n) is 4.93. The summed E-state index contributed by atoms with van der Waals surface area (Å²) in [5.74, 6) is -0.366. The normalized spacial score (nSPS) is 11.9. The fraction of sp³-hybridized carbons (Fsp3) is 0.786. The summed E-state index contributed by atoms with van der Waals surface area (Å²) in [6.07, 6.45) is 6.29. The molecule has 7 nitrogen and oxygen atoms in total. The Bertz CT molecular complexity index is 311. The van der Waals surface area contributed by atoms with Gasteiger partial charge in [-0.25, -0.2) is 0 Å². The average molecular weight is 299 g/mol. The molecule has 0 rings (SSSR count). The van der Waals surface area contributed by atoms with Crippen molar-refractivity contribution >= 4 is 18.1 Å². The second kappa shape index (κ2) is 13.5. The Labute approximate surface area is 126 Å². The molecular weight excluding hydrogens is 272 g/mol. The number of nitrogens with two attached hydrogens (primary N) is 2. The quantitative estimate of drug-likeness (QED) is 0.317. The van der Waals surface area contributed by atoms with E-state index in [9.17, 15) is 14.4 Å². The molecule has 0 saturated carbocycles. The van der Waals surface area contributed by atoms with Gasteiger partial charge in [-0.1, -0.05) is 6.42 Å². The maximum Gasteiger partial charge on any atom is 0.219 e. The van der Waals surface area contributed by atoms with E-state index in [1.807, 2.05) is 6.29 Å². The molecule has 0 bridgehead atoms. The second-order valence-corrected chi connectivity index (χ2v) is 4.93. The maximum absolute atomic E-state index is 11.4. The van der Waals surface area contributed by atoms with Crippen molar-refractivity contribution in [2.75, 3.05) is 19.6 Å². The molecule has 21 heavy (non-hydrogen) atoms. The zero-order valence-electron chi connectivity index (χ0n) is 12.5. The van der Waals surface area contributed by atoms with Crippen molar-refractivity contribution in [1.82, 2.24) is 10.6 Å². The highest BCUT2D eigenvalue weighted by Crippen LogP contribution is 2.00. The highest BCUT2D eigenvalue weighted by Gasteiger charge is 2.08. The van der Waals surface area contributed by atoms with Crippen LogP contribution in [-0.2, 0) is 14.4 Å². The highest BCUT2D eigenvalue weighted by atomic mass is 16.2. The fourth-order valence-electron chi connectivity index (χ4n) is 1.77. The number of amides is 2.